The average molecular weight is 909 g/mol. The molecule has 0 aliphatic heterocycles. The van der Waals surface area contributed by atoms with Crippen molar-refractivity contribution in [3.8, 4) is 11.1 Å². The molecule has 0 saturated carbocycles. The van der Waals surface area contributed by atoms with Gasteiger partial charge in [-0.3, -0.25) is 0 Å². The Kier molecular flexibility index (Phi) is 18.0. The number of fused-ring (bicyclic) bond motifs is 3. The first kappa shape index (κ1) is 52.7. The van der Waals surface area contributed by atoms with Gasteiger partial charge in [-0.25, -0.2) is 6.07 Å². The summed E-state index contributed by atoms with van der Waals surface area (Å²) < 4.78 is 1.42. The Bertz CT molecular complexity index is 2010. The number of hydrogen-bond donors (Lipinski definition) is 0. The van der Waals surface area contributed by atoms with E-state index in [0.717, 1.165) is 6.42 Å². The Labute approximate surface area is 389 Å². The van der Waals surface area contributed by atoms with Gasteiger partial charge < -0.3 is 24.8 Å². The summed E-state index contributed by atoms with van der Waals surface area (Å²) in [5.41, 5.74) is 20.5. The van der Waals surface area contributed by atoms with E-state index in [1.54, 1.807) is 0 Å². The van der Waals surface area contributed by atoms with E-state index in [2.05, 4.69) is 216 Å². The van der Waals surface area contributed by atoms with Crippen LogP contribution in [-0.2, 0) is 64.2 Å². The van der Waals surface area contributed by atoms with Gasteiger partial charge in [0.25, 0.3) is 0 Å². The summed E-state index contributed by atoms with van der Waals surface area (Å²) in [4.78, 5) is 0. The van der Waals surface area contributed by atoms with Crippen molar-refractivity contribution in [2.24, 2.45) is 0 Å². The molecule has 0 saturated heterocycles. The molecule has 0 spiro atoms. The molecule has 1 aliphatic carbocycles. The molecule has 0 fully saturated rings. The second kappa shape index (κ2) is 20.2. The molecule has 59 heavy (non-hydrogen) atoms. The van der Waals surface area contributed by atoms with E-state index in [-0.39, 0.29) is 46.5 Å². The molecule has 0 N–H and O–H groups in total. The average Bonchev–Trinajstić information content (AvgIpc) is 3.71. The number of benzene rings is 4. The van der Waals surface area contributed by atoms with E-state index in [1.807, 2.05) is 0 Å². The van der Waals surface area contributed by atoms with E-state index in [1.165, 1.54) is 118 Å². The standard InChI is InChI=1S/C29H41.C15H14.C12H19.2ClH.Zr/c1-26(2,3)22-14-18-13-19-15-23(27(4,5)6)25(29(10,11)12)17-21(19)20(18)16-24(22)28(7,8)9;1-12-3-7-14(8-4-12)11-15-9-5-13(2)6-10-15;1-5-6-10-7-8-11(9-10)12(2,3)4;;;/h14,16-17H,13H2,1-12H3;3-10H,1-2H3;7-9H,5-6H2,1-4H3;2*1H;/q-1;;-1;;;+2/p-2. The third-order valence-corrected chi connectivity index (χ3v) is 12.6. The third kappa shape index (κ3) is 13.8. The van der Waals surface area contributed by atoms with Crippen LogP contribution in [0.1, 0.15) is 184 Å². The maximum absolute atomic E-state index is 3.90. The van der Waals surface area contributed by atoms with Gasteiger partial charge in [0.2, 0.25) is 0 Å². The van der Waals surface area contributed by atoms with Gasteiger partial charge in [-0.2, -0.15) is 41.0 Å². The van der Waals surface area contributed by atoms with Gasteiger partial charge in [0.05, 0.1) is 0 Å². The Balaban J connectivity index is 0.000000337. The SMILES string of the molecule is CC(C)(C)c1[c-]c2c(cc1C(C)(C)C)-c1cc(C(C)(C)C)c(C(C)(C)C)cc1C2.CCCc1cc(C(C)(C)C)c[cH-]1.Cc1ccc([C](=[Zr+2])c2ccc(C)cc2)cc1.[Cl-].[Cl-]. The third-order valence-electron chi connectivity index (χ3n) is 11.1. The van der Waals surface area contributed by atoms with Crippen molar-refractivity contribution in [2.45, 2.75) is 171 Å². The fourth-order valence-corrected chi connectivity index (χ4v) is 8.45. The number of halogens is 2. The summed E-state index contributed by atoms with van der Waals surface area (Å²) in [5.74, 6) is 0. The van der Waals surface area contributed by atoms with E-state index in [9.17, 15) is 0 Å². The van der Waals surface area contributed by atoms with E-state index < -0.39 is 0 Å². The molecule has 0 amide bonds. The van der Waals surface area contributed by atoms with Gasteiger partial charge in [0.1, 0.15) is 0 Å². The Morgan fingerprint density at radius 1 is 0.576 bits per heavy atom. The monoisotopic (exact) mass is 906 g/mol. The van der Waals surface area contributed by atoms with Crippen LogP contribution in [0.15, 0.2) is 84.9 Å². The molecule has 0 radical (unpaired) electrons. The summed E-state index contributed by atoms with van der Waals surface area (Å²) >= 11 is 1.46. The van der Waals surface area contributed by atoms with E-state index >= 15 is 0 Å². The fourth-order valence-electron chi connectivity index (χ4n) is 7.64. The molecule has 0 bridgehead atoms. The normalized spacial score (nSPS) is 12.5. The first-order chi connectivity index (χ1) is 26.1. The smallest absolute Gasteiger partial charge is 1.00 e. The Morgan fingerprint density at radius 3 is 1.41 bits per heavy atom. The van der Waals surface area contributed by atoms with Crippen molar-refractivity contribution in [3.63, 3.8) is 0 Å². The number of rotatable bonds is 4. The molecule has 6 rings (SSSR count). The van der Waals surface area contributed by atoms with Crippen LogP contribution in [0.5, 0.6) is 0 Å². The van der Waals surface area contributed by atoms with Crippen LogP contribution in [0.2, 0.25) is 0 Å². The van der Waals surface area contributed by atoms with Crippen LogP contribution < -0.4 is 24.8 Å². The molecule has 5 aromatic carbocycles. The van der Waals surface area contributed by atoms with Crippen LogP contribution in [-0.4, -0.2) is 3.21 Å². The predicted molar refractivity (Wildman–Crippen MR) is 249 cm³/mol. The van der Waals surface area contributed by atoms with Crippen molar-refractivity contribution >= 4 is 3.21 Å². The fraction of sp³-hybridized carbons (Fsp3) is 0.464. The Morgan fingerprint density at radius 2 is 1.02 bits per heavy atom. The molecule has 0 atom stereocenters. The summed E-state index contributed by atoms with van der Waals surface area (Å²) in [7, 11) is 0. The molecular formula is C56H74Cl2Zr-2. The second-order valence-corrected chi connectivity index (χ2v) is 23.0. The minimum Gasteiger partial charge on any atom is -1.00 e. The first-order valence-electron chi connectivity index (χ1n) is 21.4. The minimum atomic E-state index is 0. The molecule has 0 unspecified atom stereocenters. The molecule has 0 aromatic heterocycles. The van der Waals surface area contributed by atoms with Crippen molar-refractivity contribution in [1.82, 2.24) is 0 Å². The van der Waals surface area contributed by atoms with Crippen LogP contribution in [0.4, 0.5) is 0 Å². The zero-order chi connectivity index (χ0) is 42.9. The van der Waals surface area contributed by atoms with Crippen LogP contribution in [0.25, 0.3) is 11.1 Å². The molecule has 0 nitrogen and oxygen atoms in total. The summed E-state index contributed by atoms with van der Waals surface area (Å²) in [5, 5.41) is 0. The summed E-state index contributed by atoms with van der Waals surface area (Å²) in [6.45, 7) is 41.3. The quantitative estimate of drug-likeness (QED) is 0.155. The Hall–Kier alpha value is -2.44. The van der Waals surface area contributed by atoms with Crippen molar-refractivity contribution < 1.29 is 49.0 Å². The summed E-state index contributed by atoms with van der Waals surface area (Å²) in [6.07, 6.45) is 3.47. The van der Waals surface area contributed by atoms with Crippen LogP contribution in [0, 0.1) is 19.9 Å². The molecule has 0 heterocycles. The van der Waals surface area contributed by atoms with Crippen LogP contribution >= 0.6 is 0 Å². The first-order valence-corrected chi connectivity index (χ1v) is 22.6. The minimum absolute atomic E-state index is 0. The van der Waals surface area contributed by atoms with Crippen molar-refractivity contribution in [2.75, 3.05) is 0 Å². The molecule has 318 valence electrons. The zero-order valence-corrected chi connectivity index (χ0v) is 43.9. The van der Waals surface area contributed by atoms with Gasteiger partial charge in [-0.05, 0) is 39.4 Å². The van der Waals surface area contributed by atoms with Gasteiger partial charge >= 0.3 is 112 Å². The maximum atomic E-state index is 3.90. The van der Waals surface area contributed by atoms with E-state index in [0.29, 0.717) is 5.41 Å². The predicted octanol–water partition coefficient (Wildman–Crippen LogP) is 9.33. The number of hydrogen-bond acceptors (Lipinski definition) is 0. The molecule has 5 aromatic rings. The van der Waals surface area contributed by atoms with Gasteiger partial charge in [0.15, 0.2) is 0 Å². The largest absolute Gasteiger partial charge is 1.00 e. The number of aryl methyl sites for hydroxylation is 3. The summed E-state index contributed by atoms with van der Waals surface area (Å²) in [6, 6.07) is 35.8. The molecule has 1 aliphatic rings. The van der Waals surface area contributed by atoms with Gasteiger partial charge in [-0.15, -0.1) is 16.7 Å². The van der Waals surface area contributed by atoms with Crippen LogP contribution in [0.3, 0.4) is 0 Å². The topological polar surface area (TPSA) is 0 Å². The van der Waals surface area contributed by atoms with Gasteiger partial charge in [0, 0.05) is 0 Å². The van der Waals surface area contributed by atoms with Crippen molar-refractivity contribution in [1.29, 1.82) is 0 Å². The van der Waals surface area contributed by atoms with Crippen molar-refractivity contribution in [3.05, 3.63) is 158 Å². The van der Waals surface area contributed by atoms with Gasteiger partial charge in [-0.1, -0.05) is 152 Å². The zero-order valence-electron chi connectivity index (χ0n) is 40.0. The van der Waals surface area contributed by atoms with E-state index in [4.69, 9.17) is 0 Å². The molecular weight excluding hydrogens is 835 g/mol. The second-order valence-electron chi connectivity index (χ2n) is 21.8. The maximum Gasteiger partial charge on any atom is -1.00 e. The molecule has 3 heteroatoms.